The van der Waals surface area contributed by atoms with Crippen LogP contribution in [0.1, 0.15) is 0 Å². The van der Waals surface area contributed by atoms with Crippen molar-refractivity contribution < 1.29 is 38.9 Å². The number of rotatable bonds is 3. The fourth-order valence-corrected chi connectivity index (χ4v) is 6.42. The van der Waals surface area contributed by atoms with Crippen LogP contribution >= 0.6 is 0 Å². The van der Waals surface area contributed by atoms with Crippen LogP contribution < -0.4 is 17.2 Å². The first kappa shape index (κ1) is 33.1. The fourth-order valence-electron chi connectivity index (χ4n) is 4.50. The van der Waals surface area contributed by atoms with Crippen molar-refractivity contribution in [2.24, 2.45) is 0 Å². The van der Waals surface area contributed by atoms with E-state index in [0.29, 0.717) is 44.0 Å². The summed E-state index contributed by atoms with van der Waals surface area (Å²) in [5, 5.41) is 3.55. The van der Waals surface area contributed by atoms with Crippen LogP contribution in [0.4, 0.5) is 17.1 Å². The summed E-state index contributed by atoms with van der Waals surface area (Å²) in [6.45, 7) is 0. The van der Waals surface area contributed by atoms with E-state index in [1.807, 2.05) is 0 Å². The Morgan fingerprint density at radius 3 is 1.42 bits per heavy atom. The molecule has 6 aromatic carbocycles. The lowest BCUT2D eigenvalue weighted by atomic mass is 10.1. The van der Waals surface area contributed by atoms with Crippen molar-refractivity contribution >= 4 is 79.7 Å². The molecule has 234 valence electrons. The van der Waals surface area contributed by atoms with Gasteiger partial charge in [-0.3, -0.25) is 13.7 Å². The van der Waals surface area contributed by atoms with E-state index >= 15 is 0 Å². The van der Waals surface area contributed by atoms with Crippen molar-refractivity contribution in [3.8, 4) is 0 Å². The molecule has 15 heteroatoms. The Balaban J connectivity index is 0.000000154. The Morgan fingerprint density at radius 2 is 0.844 bits per heavy atom. The Kier molecular flexibility index (Phi) is 9.34. The highest BCUT2D eigenvalue weighted by Gasteiger charge is 2.15. The van der Waals surface area contributed by atoms with Gasteiger partial charge in [-0.25, -0.2) is 0 Å². The first-order valence-corrected chi connectivity index (χ1v) is 17.1. The Morgan fingerprint density at radius 1 is 0.400 bits per heavy atom. The second-order valence-corrected chi connectivity index (χ2v) is 13.8. The maximum Gasteiger partial charge on any atom is 0.295 e. The van der Waals surface area contributed by atoms with Crippen molar-refractivity contribution in [1.29, 1.82) is 0 Å². The zero-order valence-electron chi connectivity index (χ0n) is 23.1. The van der Waals surface area contributed by atoms with Gasteiger partial charge >= 0.3 is 0 Å². The zero-order chi connectivity index (χ0) is 33.2. The van der Waals surface area contributed by atoms with Gasteiger partial charge in [-0.1, -0.05) is 66.7 Å². The monoisotopic (exact) mass is 669 g/mol. The molecular weight excluding hydrogens is 643 g/mol. The highest BCUT2D eigenvalue weighted by Crippen LogP contribution is 2.28. The lowest BCUT2D eigenvalue weighted by Gasteiger charge is -2.05. The van der Waals surface area contributed by atoms with E-state index in [2.05, 4.69) is 0 Å². The maximum absolute atomic E-state index is 11.1. The van der Waals surface area contributed by atoms with E-state index in [1.165, 1.54) is 30.3 Å². The average Bonchev–Trinajstić information content (AvgIpc) is 2.96. The second-order valence-electron chi connectivity index (χ2n) is 9.55. The van der Waals surface area contributed by atoms with Crippen molar-refractivity contribution in [2.45, 2.75) is 14.7 Å². The summed E-state index contributed by atoms with van der Waals surface area (Å²) in [6.07, 6.45) is 0. The molecule has 0 heterocycles. The number of nitrogen functional groups attached to an aromatic ring is 3. The molecule has 0 radical (unpaired) electrons. The third-order valence-electron chi connectivity index (χ3n) is 6.57. The highest BCUT2D eigenvalue weighted by atomic mass is 32.2. The largest absolute Gasteiger partial charge is 0.398 e. The Hall–Kier alpha value is -4.77. The third-order valence-corrected chi connectivity index (χ3v) is 9.25. The maximum atomic E-state index is 11.1. The number of fused-ring (bicyclic) bond motifs is 3. The molecule has 6 rings (SSSR count). The van der Waals surface area contributed by atoms with Gasteiger partial charge in [0.25, 0.3) is 30.4 Å². The first-order valence-electron chi connectivity index (χ1n) is 12.7. The first-order chi connectivity index (χ1) is 21.0. The molecule has 0 aromatic heterocycles. The van der Waals surface area contributed by atoms with E-state index in [9.17, 15) is 25.3 Å². The van der Waals surface area contributed by atoms with Gasteiger partial charge in [0.05, 0.1) is 4.90 Å². The summed E-state index contributed by atoms with van der Waals surface area (Å²) in [5.41, 5.74) is 18.6. The molecule has 0 bridgehead atoms. The molecule has 0 aliphatic rings. The van der Waals surface area contributed by atoms with Crippen LogP contribution in [0.2, 0.25) is 0 Å². The van der Waals surface area contributed by atoms with E-state index in [1.54, 1.807) is 78.9 Å². The molecule has 0 saturated carbocycles. The van der Waals surface area contributed by atoms with Gasteiger partial charge in [0, 0.05) is 44.0 Å². The van der Waals surface area contributed by atoms with E-state index < -0.39 is 30.4 Å². The number of hydrogen-bond acceptors (Lipinski definition) is 9. The number of hydrogen-bond donors (Lipinski definition) is 6. The minimum atomic E-state index is -4.20. The second kappa shape index (κ2) is 12.7. The molecule has 0 saturated heterocycles. The lowest BCUT2D eigenvalue weighted by molar-refractivity contribution is 0.481. The molecule has 0 aliphatic heterocycles. The summed E-state index contributed by atoms with van der Waals surface area (Å²) >= 11 is 0. The molecule has 0 spiro atoms. The van der Waals surface area contributed by atoms with Gasteiger partial charge in [0.1, 0.15) is 9.79 Å². The van der Waals surface area contributed by atoms with Crippen LogP contribution in [0.5, 0.6) is 0 Å². The van der Waals surface area contributed by atoms with Gasteiger partial charge in [-0.05, 0) is 47.9 Å². The SMILES string of the molecule is Nc1ccc(S(=O)(=O)O)c2ccccc12.Nc1cccc2c(S(=O)(=O)O)cccc12.Nc1cccc2cc(S(=O)(=O)O)ccc12. The number of benzene rings is 6. The molecule has 0 atom stereocenters. The fraction of sp³-hybridized carbons (Fsp3) is 0. The smallest absolute Gasteiger partial charge is 0.295 e. The zero-order valence-corrected chi connectivity index (χ0v) is 25.6. The summed E-state index contributed by atoms with van der Waals surface area (Å²) in [5.74, 6) is 0. The van der Waals surface area contributed by atoms with Crippen LogP contribution in [-0.2, 0) is 30.4 Å². The summed E-state index contributed by atoms with van der Waals surface area (Å²) in [6, 6.07) is 28.5. The van der Waals surface area contributed by atoms with E-state index in [4.69, 9.17) is 30.9 Å². The molecule has 9 N–H and O–H groups in total. The van der Waals surface area contributed by atoms with Gasteiger partial charge in [0.2, 0.25) is 0 Å². The Bertz CT molecular complexity index is 2330. The molecule has 45 heavy (non-hydrogen) atoms. The van der Waals surface area contributed by atoms with Crippen LogP contribution in [0.25, 0.3) is 32.3 Å². The van der Waals surface area contributed by atoms with E-state index in [-0.39, 0.29) is 14.7 Å². The summed E-state index contributed by atoms with van der Waals surface area (Å²) in [4.78, 5) is -0.361. The van der Waals surface area contributed by atoms with Crippen molar-refractivity contribution in [2.75, 3.05) is 17.2 Å². The number of nitrogens with two attached hydrogens (primary N) is 3. The standard InChI is InChI=1S/3C10H9NO3S/c11-9-5-1-4-8-7(9)3-2-6-10(8)15(12,13)14;11-10-3-1-2-7-6-8(15(12,13)14)4-5-9(7)10;11-9-5-6-10(15(12,13)14)8-4-2-1-3-7(8)9/h3*1-6H,11H2,(H,12,13,14). The minimum absolute atomic E-state index is 0.118. The predicted octanol–water partition coefficient (Wildman–Crippen LogP) is 5.01. The molecule has 6 aromatic rings. The molecule has 0 aliphatic carbocycles. The molecule has 12 nitrogen and oxygen atoms in total. The van der Waals surface area contributed by atoms with Gasteiger partial charge in [0.15, 0.2) is 0 Å². The molecule has 0 fully saturated rings. The molecule has 0 amide bonds. The normalized spacial score (nSPS) is 11.8. The van der Waals surface area contributed by atoms with Crippen molar-refractivity contribution in [3.05, 3.63) is 109 Å². The van der Waals surface area contributed by atoms with Crippen LogP contribution in [-0.4, -0.2) is 38.9 Å². The molecule has 0 unspecified atom stereocenters. The summed E-state index contributed by atoms with van der Waals surface area (Å²) < 4.78 is 92.9. The minimum Gasteiger partial charge on any atom is -0.398 e. The quantitative estimate of drug-likeness (QED) is 0.108. The van der Waals surface area contributed by atoms with Crippen molar-refractivity contribution in [3.63, 3.8) is 0 Å². The average molecular weight is 670 g/mol. The number of anilines is 3. The third kappa shape index (κ3) is 7.66. The van der Waals surface area contributed by atoms with Crippen molar-refractivity contribution in [1.82, 2.24) is 0 Å². The predicted molar refractivity (Wildman–Crippen MR) is 175 cm³/mol. The molecular formula is C30H27N3O9S3. The van der Waals surface area contributed by atoms with Gasteiger partial charge in [-0.2, -0.15) is 25.3 Å². The Labute approximate surface area is 259 Å². The van der Waals surface area contributed by atoms with Crippen LogP contribution in [0.3, 0.4) is 0 Å². The van der Waals surface area contributed by atoms with E-state index in [0.717, 1.165) is 5.39 Å². The topological polar surface area (TPSA) is 241 Å². The van der Waals surface area contributed by atoms with Crippen LogP contribution in [0, 0.1) is 0 Å². The van der Waals surface area contributed by atoms with Crippen LogP contribution in [0.15, 0.2) is 124 Å². The lowest BCUT2D eigenvalue weighted by Crippen LogP contribution is -2.00. The summed E-state index contributed by atoms with van der Waals surface area (Å²) in [7, 11) is -12.6. The van der Waals surface area contributed by atoms with Gasteiger partial charge in [-0.15, -0.1) is 0 Å². The highest BCUT2D eigenvalue weighted by molar-refractivity contribution is 7.86. The van der Waals surface area contributed by atoms with Gasteiger partial charge < -0.3 is 17.2 Å².